The molecule has 0 spiro atoms. The average molecular weight is 485 g/mol. The molecule has 0 heterocycles. The summed E-state index contributed by atoms with van der Waals surface area (Å²) in [7, 11) is 0. The van der Waals surface area contributed by atoms with E-state index in [-0.39, 0.29) is 13.2 Å². The number of esters is 1. The molecule has 0 saturated carbocycles. The third-order valence-corrected chi connectivity index (χ3v) is 5.75. The van der Waals surface area contributed by atoms with Crippen molar-refractivity contribution in [3.63, 3.8) is 0 Å². The summed E-state index contributed by atoms with van der Waals surface area (Å²) in [5, 5.41) is 3.97. The van der Waals surface area contributed by atoms with Crippen molar-refractivity contribution >= 4 is 27.5 Å². The molecule has 0 aliphatic heterocycles. The second-order valence-electron chi connectivity index (χ2n) is 8.77. The molecule has 0 amide bonds. The van der Waals surface area contributed by atoms with Crippen LogP contribution >= 0.6 is 0 Å². The maximum absolute atomic E-state index is 12.2. The smallest absolute Gasteiger partial charge is 0.333 e. The monoisotopic (exact) mass is 484 g/mol. The van der Waals surface area contributed by atoms with Gasteiger partial charge >= 0.3 is 5.97 Å². The first-order chi connectivity index (χ1) is 17.5. The van der Waals surface area contributed by atoms with Crippen LogP contribution in [0.3, 0.4) is 0 Å². The van der Waals surface area contributed by atoms with Gasteiger partial charge in [0.25, 0.3) is 0 Å². The zero-order valence-corrected chi connectivity index (χ0v) is 20.9. The number of fused-ring (bicyclic) bond motifs is 2. The van der Waals surface area contributed by atoms with Gasteiger partial charge in [0.15, 0.2) is 6.10 Å². The fraction of sp³-hybridized carbons (Fsp3) is 0.258. The molecule has 5 nitrogen and oxygen atoms in total. The second-order valence-corrected chi connectivity index (χ2v) is 8.77. The van der Waals surface area contributed by atoms with Crippen LogP contribution in [-0.2, 0) is 14.3 Å². The number of benzene rings is 4. The van der Waals surface area contributed by atoms with Gasteiger partial charge in [-0.1, -0.05) is 68.5 Å². The molecule has 0 saturated heterocycles. The SMILES string of the molecule is C=C(C)C(=O)OC(COCCCC)COc1c2ccccc2cc2ccc(Oc3ccccc3)cc12. The Morgan fingerprint density at radius 1 is 0.861 bits per heavy atom. The maximum Gasteiger partial charge on any atom is 0.333 e. The summed E-state index contributed by atoms with van der Waals surface area (Å²) in [6.07, 6.45) is 1.41. The highest BCUT2D eigenvalue weighted by Gasteiger charge is 2.19. The summed E-state index contributed by atoms with van der Waals surface area (Å²) < 4.78 is 23.9. The maximum atomic E-state index is 12.2. The van der Waals surface area contributed by atoms with Crippen LogP contribution in [-0.4, -0.2) is 31.9 Å². The van der Waals surface area contributed by atoms with E-state index in [0.717, 1.165) is 40.1 Å². The van der Waals surface area contributed by atoms with Crippen LogP contribution in [0.4, 0.5) is 0 Å². The van der Waals surface area contributed by atoms with Crippen LogP contribution < -0.4 is 9.47 Å². The first-order valence-electron chi connectivity index (χ1n) is 12.3. The molecule has 0 radical (unpaired) electrons. The van der Waals surface area contributed by atoms with Gasteiger partial charge in [-0.3, -0.25) is 0 Å². The van der Waals surface area contributed by atoms with E-state index in [1.165, 1.54) is 0 Å². The van der Waals surface area contributed by atoms with E-state index >= 15 is 0 Å². The normalized spacial score (nSPS) is 11.8. The number of carbonyl (C=O) groups excluding carboxylic acids is 1. The van der Waals surface area contributed by atoms with Gasteiger partial charge in [0.2, 0.25) is 0 Å². The van der Waals surface area contributed by atoms with Crippen molar-refractivity contribution in [3.8, 4) is 17.2 Å². The Balaban J connectivity index is 1.65. The predicted molar refractivity (Wildman–Crippen MR) is 144 cm³/mol. The molecule has 4 aromatic carbocycles. The Morgan fingerprint density at radius 3 is 2.39 bits per heavy atom. The summed E-state index contributed by atoms with van der Waals surface area (Å²) in [6, 6.07) is 25.8. The molecular weight excluding hydrogens is 452 g/mol. The highest BCUT2D eigenvalue weighted by molar-refractivity contribution is 6.05. The lowest BCUT2D eigenvalue weighted by Gasteiger charge is -2.20. The molecular formula is C31H32O5. The van der Waals surface area contributed by atoms with Crippen LogP contribution in [0.1, 0.15) is 26.7 Å². The highest BCUT2D eigenvalue weighted by Crippen LogP contribution is 2.37. The number of ether oxygens (including phenoxy) is 4. The fourth-order valence-electron chi connectivity index (χ4n) is 3.85. The quantitative estimate of drug-likeness (QED) is 0.0903. The third kappa shape index (κ3) is 6.43. The second kappa shape index (κ2) is 12.2. The van der Waals surface area contributed by atoms with Gasteiger partial charge in [-0.05, 0) is 54.4 Å². The van der Waals surface area contributed by atoms with E-state index in [4.69, 9.17) is 18.9 Å². The minimum absolute atomic E-state index is 0.151. The Kier molecular flexibility index (Phi) is 8.58. The summed E-state index contributed by atoms with van der Waals surface area (Å²) >= 11 is 0. The van der Waals surface area contributed by atoms with E-state index in [9.17, 15) is 4.79 Å². The van der Waals surface area contributed by atoms with Crippen LogP contribution in [0.5, 0.6) is 17.2 Å². The molecule has 186 valence electrons. The number of hydrogen-bond donors (Lipinski definition) is 0. The fourth-order valence-corrected chi connectivity index (χ4v) is 3.85. The van der Waals surface area contributed by atoms with E-state index in [1.54, 1.807) is 6.92 Å². The van der Waals surface area contributed by atoms with E-state index in [2.05, 4.69) is 25.6 Å². The molecule has 0 aliphatic rings. The first-order valence-corrected chi connectivity index (χ1v) is 12.3. The Morgan fingerprint density at radius 2 is 1.61 bits per heavy atom. The highest BCUT2D eigenvalue weighted by atomic mass is 16.6. The van der Waals surface area contributed by atoms with Crippen LogP contribution in [0.15, 0.2) is 91.0 Å². The summed E-state index contributed by atoms with van der Waals surface area (Å²) in [6.45, 7) is 8.44. The average Bonchev–Trinajstić information content (AvgIpc) is 2.89. The molecule has 0 bridgehead atoms. The molecule has 0 fully saturated rings. The standard InChI is InChI=1S/C31H32O5/c1-4-5-17-33-20-27(36-31(32)22(2)3)21-34-30-28-14-10-9-11-23(28)18-24-15-16-26(19-29(24)30)35-25-12-7-6-8-13-25/h6-16,18-19,27H,2,4-5,17,20-21H2,1,3H3. The van der Waals surface area contributed by atoms with E-state index in [1.807, 2.05) is 66.7 Å². The van der Waals surface area contributed by atoms with Crippen molar-refractivity contribution in [2.45, 2.75) is 32.8 Å². The zero-order valence-electron chi connectivity index (χ0n) is 20.9. The summed E-state index contributed by atoms with van der Waals surface area (Å²) in [5.41, 5.74) is 0.340. The van der Waals surface area contributed by atoms with Crippen molar-refractivity contribution in [3.05, 3.63) is 91.0 Å². The lowest BCUT2D eigenvalue weighted by atomic mass is 10.0. The molecule has 4 rings (SSSR count). The number of hydrogen-bond acceptors (Lipinski definition) is 5. The number of rotatable bonds is 12. The molecule has 4 aromatic rings. The number of unbranched alkanes of at least 4 members (excludes halogenated alkanes) is 1. The Hall–Kier alpha value is -3.83. The van der Waals surface area contributed by atoms with Crippen molar-refractivity contribution in [2.24, 2.45) is 0 Å². The molecule has 0 aliphatic carbocycles. The topological polar surface area (TPSA) is 54.0 Å². The lowest BCUT2D eigenvalue weighted by Crippen LogP contribution is -2.30. The van der Waals surface area contributed by atoms with Gasteiger partial charge in [0, 0.05) is 23.0 Å². The van der Waals surface area contributed by atoms with Crippen molar-refractivity contribution < 1.29 is 23.7 Å². The van der Waals surface area contributed by atoms with Crippen LogP contribution in [0.2, 0.25) is 0 Å². The molecule has 0 aromatic heterocycles. The Labute approximate surface area is 212 Å². The van der Waals surface area contributed by atoms with Crippen LogP contribution in [0.25, 0.3) is 21.5 Å². The van der Waals surface area contributed by atoms with Crippen molar-refractivity contribution in [1.82, 2.24) is 0 Å². The van der Waals surface area contributed by atoms with Crippen molar-refractivity contribution in [1.29, 1.82) is 0 Å². The molecule has 0 N–H and O–H groups in total. The Bertz CT molecular complexity index is 1330. The van der Waals surface area contributed by atoms with Crippen LogP contribution in [0, 0.1) is 0 Å². The largest absolute Gasteiger partial charge is 0.488 e. The molecule has 1 unspecified atom stereocenters. The van der Waals surface area contributed by atoms with Gasteiger partial charge in [0.1, 0.15) is 23.9 Å². The minimum Gasteiger partial charge on any atom is -0.488 e. The van der Waals surface area contributed by atoms with E-state index in [0.29, 0.717) is 23.7 Å². The number of carbonyl (C=O) groups is 1. The zero-order chi connectivity index (χ0) is 25.3. The summed E-state index contributed by atoms with van der Waals surface area (Å²) in [4.78, 5) is 12.2. The molecule has 5 heteroatoms. The third-order valence-electron chi connectivity index (χ3n) is 5.75. The van der Waals surface area contributed by atoms with Gasteiger partial charge in [-0.25, -0.2) is 4.79 Å². The molecule has 36 heavy (non-hydrogen) atoms. The number of para-hydroxylation sites is 1. The molecule has 1 atom stereocenters. The van der Waals surface area contributed by atoms with Gasteiger partial charge in [-0.2, -0.15) is 0 Å². The minimum atomic E-state index is -0.566. The predicted octanol–water partition coefficient (Wildman–Crippen LogP) is 7.47. The van der Waals surface area contributed by atoms with Gasteiger partial charge < -0.3 is 18.9 Å². The first kappa shape index (κ1) is 25.3. The van der Waals surface area contributed by atoms with E-state index < -0.39 is 12.1 Å². The summed E-state index contributed by atoms with van der Waals surface area (Å²) in [5.74, 6) is 1.73. The van der Waals surface area contributed by atoms with Gasteiger partial charge in [0.05, 0.1) is 6.61 Å². The lowest BCUT2D eigenvalue weighted by molar-refractivity contribution is -0.149. The van der Waals surface area contributed by atoms with Gasteiger partial charge in [-0.15, -0.1) is 0 Å². The van der Waals surface area contributed by atoms with Crippen molar-refractivity contribution in [2.75, 3.05) is 19.8 Å².